The molecule has 3 rings (SSSR count). The van der Waals surface area contributed by atoms with Gasteiger partial charge in [-0.25, -0.2) is 0 Å². The number of carbonyl (C=O) groups is 1. The minimum atomic E-state index is -0.0627. The lowest BCUT2D eigenvalue weighted by molar-refractivity contribution is -0.117. The van der Waals surface area contributed by atoms with Crippen molar-refractivity contribution in [2.24, 2.45) is 0 Å². The van der Waals surface area contributed by atoms with Crippen molar-refractivity contribution in [3.05, 3.63) is 38.4 Å². The Morgan fingerprint density at radius 3 is 3.04 bits per heavy atom. The Bertz CT molecular complexity index is 743. The Labute approximate surface area is 144 Å². The van der Waals surface area contributed by atoms with E-state index in [2.05, 4.69) is 24.4 Å². The molecule has 0 saturated heterocycles. The SMILES string of the molecule is C[C@@H](c1cccs1)N(C)CC(=O)Nc1sc2c(c1C#N)CCC2. The van der Waals surface area contributed by atoms with Crippen LogP contribution in [0.25, 0.3) is 0 Å². The first kappa shape index (κ1) is 16.2. The van der Waals surface area contributed by atoms with Gasteiger partial charge in [-0.3, -0.25) is 9.69 Å². The Morgan fingerprint density at radius 1 is 1.52 bits per heavy atom. The number of anilines is 1. The molecule has 0 spiro atoms. The molecule has 1 atom stereocenters. The molecule has 1 amide bonds. The van der Waals surface area contributed by atoms with Crippen molar-refractivity contribution < 1.29 is 4.79 Å². The summed E-state index contributed by atoms with van der Waals surface area (Å²) >= 11 is 3.26. The summed E-state index contributed by atoms with van der Waals surface area (Å²) in [5.41, 5.74) is 1.82. The molecule has 0 fully saturated rings. The highest BCUT2D eigenvalue weighted by atomic mass is 32.1. The highest BCUT2D eigenvalue weighted by Crippen LogP contribution is 2.38. The number of amides is 1. The average Bonchev–Trinajstić information content (AvgIpc) is 3.22. The number of nitrogens with one attached hydrogen (secondary N) is 1. The zero-order valence-corrected chi connectivity index (χ0v) is 14.9. The number of hydrogen-bond donors (Lipinski definition) is 1. The Kier molecular flexibility index (Phi) is 4.81. The molecular weight excluding hydrogens is 326 g/mol. The molecule has 0 aromatic carbocycles. The van der Waals surface area contributed by atoms with E-state index in [4.69, 9.17) is 0 Å². The molecule has 0 radical (unpaired) electrons. The largest absolute Gasteiger partial charge is 0.315 e. The molecule has 6 heteroatoms. The summed E-state index contributed by atoms with van der Waals surface area (Å²) in [4.78, 5) is 16.9. The Hall–Kier alpha value is -1.68. The summed E-state index contributed by atoms with van der Waals surface area (Å²) in [6, 6.07) is 6.57. The molecule has 0 aliphatic heterocycles. The van der Waals surface area contributed by atoms with Gasteiger partial charge in [0.2, 0.25) is 5.91 Å². The van der Waals surface area contributed by atoms with Crippen molar-refractivity contribution >= 4 is 33.6 Å². The molecule has 0 unspecified atom stereocenters. The van der Waals surface area contributed by atoms with Gasteiger partial charge in [-0.2, -0.15) is 5.26 Å². The fourth-order valence-corrected chi connectivity index (χ4v) is 4.99. The fourth-order valence-electron chi connectivity index (χ4n) is 2.89. The number of thiophene rings is 2. The molecule has 2 aromatic heterocycles. The molecule has 4 nitrogen and oxygen atoms in total. The van der Waals surface area contributed by atoms with Crippen LogP contribution < -0.4 is 5.32 Å². The van der Waals surface area contributed by atoms with E-state index < -0.39 is 0 Å². The van der Waals surface area contributed by atoms with Crippen molar-refractivity contribution in [1.82, 2.24) is 4.90 Å². The molecular formula is C17H19N3OS2. The van der Waals surface area contributed by atoms with E-state index >= 15 is 0 Å². The summed E-state index contributed by atoms with van der Waals surface area (Å²) in [5.74, 6) is -0.0627. The van der Waals surface area contributed by atoms with E-state index in [1.54, 1.807) is 22.7 Å². The molecule has 1 N–H and O–H groups in total. The quantitative estimate of drug-likeness (QED) is 0.897. The second-order valence-corrected chi connectivity index (χ2v) is 7.91. The van der Waals surface area contributed by atoms with Gasteiger partial charge in [0.25, 0.3) is 0 Å². The number of carbonyl (C=O) groups excluding carboxylic acids is 1. The van der Waals surface area contributed by atoms with Gasteiger partial charge in [0.15, 0.2) is 0 Å². The van der Waals surface area contributed by atoms with Crippen LogP contribution in [0.3, 0.4) is 0 Å². The molecule has 1 aliphatic carbocycles. The maximum absolute atomic E-state index is 12.3. The van der Waals surface area contributed by atoms with E-state index in [1.807, 2.05) is 23.4 Å². The van der Waals surface area contributed by atoms with E-state index in [0.717, 1.165) is 29.8 Å². The highest BCUT2D eigenvalue weighted by Gasteiger charge is 2.23. The smallest absolute Gasteiger partial charge is 0.239 e. The van der Waals surface area contributed by atoms with Crippen molar-refractivity contribution in [3.63, 3.8) is 0 Å². The first-order valence-electron chi connectivity index (χ1n) is 7.68. The second kappa shape index (κ2) is 6.83. The summed E-state index contributed by atoms with van der Waals surface area (Å²) in [5, 5.41) is 15.1. The average molecular weight is 345 g/mol. The van der Waals surface area contributed by atoms with Crippen LogP contribution in [0.2, 0.25) is 0 Å². The van der Waals surface area contributed by atoms with E-state index in [1.165, 1.54) is 9.75 Å². The normalized spacial score (nSPS) is 14.5. The van der Waals surface area contributed by atoms with Crippen LogP contribution in [-0.4, -0.2) is 24.4 Å². The first-order chi connectivity index (χ1) is 11.1. The molecule has 0 bridgehead atoms. The predicted molar refractivity (Wildman–Crippen MR) is 95.1 cm³/mol. The highest BCUT2D eigenvalue weighted by molar-refractivity contribution is 7.16. The zero-order chi connectivity index (χ0) is 16.4. The minimum absolute atomic E-state index is 0.0627. The second-order valence-electron chi connectivity index (χ2n) is 5.83. The van der Waals surface area contributed by atoms with Gasteiger partial charge in [0.05, 0.1) is 12.1 Å². The van der Waals surface area contributed by atoms with Crippen LogP contribution in [0.4, 0.5) is 5.00 Å². The molecule has 1 aliphatic rings. The predicted octanol–water partition coefficient (Wildman–Crippen LogP) is 3.80. The van der Waals surface area contributed by atoms with Gasteiger partial charge in [-0.15, -0.1) is 22.7 Å². The van der Waals surface area contributed by atoms with Gasteiger partial charge < -0.3 is 5.32 Å². The van der Waals surface area contributed by atoms with Crippen molar-refractivity contribution in [3.8, 4) is 6.07 Å². The number of nitriles is 1. The number of fused-ring (bicyclic) bond motifs is 1. The van der Waals surface area contributed by atoms with Crippen LogP contribution >= 0.6 is 22.7 Å². The van der Waals surface area contributed by atoms with E-state index in [9.17, 15) is 10.1 Å². The van der Waals surface area contributed by atoms with Crippen molar-refractivity contribution in [2.75, 3.05) is 18.9 Å². The van der Waals surface area contributed by atoms with Gasteiger partial charge in [0.1, 0.15) is 11.1 Å². The third kappa shape index (κ3) is 3.32. The van der Waals surface area contributed by atoms with Gasteiger partial charge >= 0.3 is 0 Å². The fraction of sp³-hybridized carbons (Fsp3) is 0.412. The third-order valence-electron chi connectivity index (χ3n) is 4.30. The lowest BCUT2D eigenvalue weighted by atomic mass is 10.1. The summed E-state index contributed by atoms with van der Waals surface area (Å²) in [7, 11) is 1.95. The number of nitrogens with zero attached hydrogens (tertiary/aromatic N) is 2. The molecule has 2 heterocycles. The van der Waals surface area contributed by atoms with Crippen LogP contribution in [0.1, 0.15) is 40.3 Å². The maximum Gasteiger partial charge on any atom is 0.239 e. The van der Waals surface area contributed by atoms with Gasteiger partial charge in [-0.1, -0.05) is 6.07 Å². The van der Waals surface area contributed by atoms with E-state index in [-0.39, 0.29) is 11.9 Å². The molecule has 0 saturated carbocycles. The molecule has 2 aromatic rings. The van der Waals surface area contributed by atoms with Gasteiger partial charge in [0, 0.05) is 15.8 Å². The lowest BCUT2D eigenvalue weighted by Gasteiger charge is -2.23. The van der Waals surface area contributed by atoms with Crippen molar-refractivity contribution in [1.29, 1.82) is 5.26 Å². The maximum atomic E-state index is 12.3. The monoisotopic (exact) mass is 345 g/mol. The third-order valence-corrected chi connectivity index (χ3v) is 6.54. The van der Waals surface area contributed by atoms with Gasteiger partial charge in [-0.05, 0) is 50.2 Å². The number of rotatable bonds is 5. The first-order valence-corrected chi connectivity index (χ1v) is 9.38. The van der Waals surface area contributed by atoms with Crippen molar-refractivity contribution in [2.45, 2.75) is 32.2 Å². The van der Waals surface area contributed by atoms with Crippen LogP contribution in [-0.2, 0) is 17.6 Å². The minimum Gasteiger partial charge on any atom is -0.315 e. The topological polar surface area (TPSA) is 56.1 Å². The zero-order valence-electron chi connectivity index (χ0n) is 13.3. The Balaban J connectivity index is 1.65. The van der Waals surface area contributed by atoms with Crippen LogP contribution in [0.15, 0.2) is 17.5 Å². The standard InChI is InChI=1S/C17H19N3OS2/c1-11(14-7-4-8-22-14)20(2)10-16(21)19-17-13(9-18)12-5-3-6-15(12)23-17/h4,7-8,11H,3,5-6,10H2,1-2H3,(H,19,21)/t11-/m0/s1. The number of hydrogen-bond acceptors (Lipinski definition) is 5. The molecule has 23 heavy (non-hydrogen) atoms. The lowest BCUT2D eigenvalue weighted by Crippen LogP contribution is -2.31. The summed E-state index contributed by atoms with van der Waals surface area (Å²) in [6.07, 6.45) is 3.10. The van der Waals surface area contributed by atoms with Crippen LogP contribution in [0.5, 0.6) is 0 Å². The summed E-state index contributed by atoms with van der Waals surface area (Å²) < 4.78 is 0. The number of aryl methyl sites for hydroxylation is 1. The van der Waals surface area contributed by atoms with Crippen LogP contribution in [0, 0.1) is 11.3 Å². The Morgan fingerprint density at radius 2 is 2.35 bits per heavy atom. The van der Waals surface area contributed by atoms with E-state index in [0.29, 0.717) is 12.1 Å². The molecule has 120 valence electrons. The number of likely N-dealkylation sites (N-methyl/N-ethyl adjacent to an activating group) is 1. The summed E-state index contributed by atoms with van der Waals surface area (Å²) in [6.45, 7) is 2.41.